The third-order valence-corrected chi connectivity index (χ3v) is 2.93. The summed E-state index contributed by atoms with van der Waals surface area (Å²) in [5.74, 6) is 0.704. The van der Waals surface area contributed by atoms with E-state index < -0.39 is 0 Å². The topological polar surface area (TPSA) is 30.5 Å². The molecule has 0 saturated heterocycles. The highest BCUT2D eigenvalue weighted by molar-refractivity contribution is 6.32. The molecular weight excluding hydrogens is 250 g/mol. The SMILES string of the molecule is CCOC(C)(C)CNCc1ccc(OC)c(Cl)c1. The van der Waals surface area contributed by atoms with Gasteiger partial charge in [0, 0.05) is 19.7 Å². The predicted molar refractivity (Wildman–Crippen MR) is 75.4 cm³/mol. The normalized spacial score (nSPS) is 11.6. The fourth-order valence-corrected chi connectivity index (χ4v) is 2.05. The molecule has 0 unspecified atom stereocenters. The van der Waals surface area contributed by atoms with Crippen LogP contribution in [0.2, 0.25) is 5.02 Å². The summed E-state index contributed by atoms with van der Waals surface area (Å²) >= 11 is 6.07. The Kier molecular flexibility index (Phi) is 5.93. The van der Waals surface area contributed by atoms with Gasteiger partial charge in [0.1, 0.15) is 5.75 Å². The molecule has 0 atom stereocenters. The standard InChI is InChI=1S/C14H22ClNO2/c1-5-18-14(2,3)10-16-9-11-6-7-13(17-4)12(15)8-11/h6-8,16H,5,9-10H2,1-4H3. The van der Waals surface area contributed by atoms with Crippen LogP contribution in [0.15, 0.2) is 18.2 Å². The van der Waals surface area contributed by atoms with Gasteiger partial charge in [-0.3, -0.25) is 0 Å². The van der Waals surface area contributed by atoms with Gasteiger partial charge in [0.05, 0.1) is 17.7 Å². The molecular formula is C14H22ClNO2. The maximum Gasteiger partial charge on any atom is 0.137 e. The maximum atomic E-state index is 6.07. The minimum atomic E-state index is -0.148. The van der Waals surface area contributed by atoms with Crippen molar-refractivity contribution in [1.29, 1.82) is 0 Å². The van der Waals surface area contributed by atoms with E-state index in [0.29, 0.717) is 10.8 Å². The van der Waals surface area contributed by atoms with Crippen LogP contribution in [0.3, 0.4) is 0 Å². The molecule has 18 heavy (non-hydrogen) atoms. The van der Waals surface area contributed by atoms with Crippen LogP contribution in [-0.2, 0) is 11.3 Å². The Morgan fingerprint density at radius 3 is 2.61 bits per heavy atom. The molecule has 0 aromatic heterocycles. The van der Waals surface area contributed by atoms with E-state index in [1.165, 1.54) is 0 Å². The lowest BCUT2D eigenvalue weighted by atomic mass is 10.1. The minimum Gasteiger partial charge on any atom is -0.495 e. The molecule has 0 heterocycles. The van der Waals surface area contributed by atoms with Crippen molar-refractivity contribution in [2.75, 3.05) is 20.3 Å². The van der Waals surface area contributed by atoms with Crippen LogP contribution >= 0.6 is 11.6 Å². The zero-order valence-corrected chi connectivity index (χ0v) is 12.3. The van der Waals surface area contributed by atoms with Gasteiger partial charge in [-0.25, -0.2) is 0 Å². The summed E-state index contributed by atoms with van der Waals surface area (Å²) in [7, 11) is 1.61. The Morgan fingerprint density at radius 1 is 1.33 bits per heavy atom. The van der Waals surface area contributed by atoms with Gasteiger partial charge in [0.2, 0.25) is 0 Å². The van der Waals surface area contributed by atoms with E-state index in [0.717, 1.165) is 25.3 Å². The number of hydrogen-bond acceptors (Lipinski definition) is 3. The lowest BCUT2D eigenvalue weighted by molar-refractivity contribution is -0.00897. The summed E-state index contributed by atoms with van der Waals surface area (Å²) in [6, 6.07) is 5.81. The van der Waals surface area contributed by atoms with E-state index in [-0.39, 0.29) is 5.60 Å². The van der Waals surface area contributed by atoms with E-state index in [9.17, 15) is 0 Å². The van der Waals surface area contributed by atoms with E-state index >= 15 is 0 Å². The number of halogens is 1. The zero-order valence-electron chi connectivity index (χ0n) is 11.5. The van der Waals surface area contributed by atoms with Crippen LogP contribution in [0, 0.1) is 0 Å². The van der Waals surface area contributed by atoms with Crippen LogP contribution in [0.25, 0.3) is 0 Å². The first-order valence-electron chi connectivity index (χ1n) is 6.15. The van der Waals surface area contributed by atoms with E-state index in [2.05, 4.69) is 19.2 Å². The van der Waals surface area contributed by atoms with Gasteiger partial charge >= 0.3 is 0 Å². The second-order valence-electron chi connectivity index (χ2n) is 4.77. The van der Waals surface area contributed by atoms with Crippen LogP contribution in [0.5, 0.6) is 5.75 Å². The summed E-state index contributed by atoms with van der Waals surface area (Å²) < 4.78 is 10.7. The summed E-state index contributed by atoms with van der Waals surface area (Å²) in [6.07, 6.45) is 0. The Balaban J connectivity index is 2.47. The van der Waals surface area contributed by atoms with Crippen molar-refractivity contribution >= 4 is 11.6 Å². The molecule has 0 bridgehead atoms. The number of hydrogen-bond donors (Lipinski definition) is 1. The molecule has 0 aliphatic heterocycles. The summed E-state index contributed by atoms with van der Waals surface area (Å²) in [5.41, 5.74) is 0.985. The molecule has 102 valence electrons. The second kappa shape index (κ2) is 6.98. The van der Waals surface area contributed by atoms with Gasteiger partial charge < -0.3 is 14.8 Å². The third-order valence-electron chi connectivity index (χ3n) is 2.63. The molecule has 0 spiro atoms. The zero-order chi connectivity index (χ0) is 13.6. The van der Waals surface area contributed by atoms with Crippen molar-refractivity contribution in [3.05, 3.63) is 28.8 Å². The van der Waals surface area contributed by atoms with Gasteiger partial charge in [-0.05, 0) is 38.5 Å². The summed E-state index contributed by atoms with van der Waals surface area (Å²) in [6.45, 7) is 8.44. The number of methoxy groups -OCH3 is 1. The highest BCUT2D eigenvalue weighted by Crippen LogP contribution is 2.24. The molecule has 1 aromatic rings. The Bertz CT molecular complexity index is 380. The Hall–Kier alpha value is -0.770. The molecule has 1 N–H and O–H groups in total. The fraction of sp³-hybridized carbons (Fsp3) is 0.571. The maximum absolute atomic E-state index is 6.07. The average molecular weight is 272 g/mol. The van der Waals surface area contributed by atoms with Crippen molar-refractivity contribution in [3.63, 3.8) is 0 Å². The molecule has 0 aliphatic rings. The highest BCUT2D eigenvalue weighted by atomic mass is 35.5. The largest absolute Gasteiger partial charge is 0.495 e. The van der Waals surface area contributed by atoms with Crippen LogP contribution in [0.1, 0.15) is 26.3 Å². The first-order valence-corrected chi connectivity index (χ1v) is 6.53. The van der Waals surface area contributed by atoms with Crippen LogP contribution in [-0.4, -0.2) is 25.9 Å². The van der Waals surface area contributed by atoms with E-state index in [1.807, 2.05) is 25.1 Å². The predicted octanol–water partition coefficient (Wildman–Crippen LogP) is 3.25. The van der Waals surface area contributed by atoms with Gasteiger partial charge in [-0.1, -0.05) is 17.7 Å². The molecule has 0 aliphatic carbocycles. The third kappa shape index (κ3) is 4.84. The van der Waals surface area contributed by atoms with Gasteiger partial charge in [-0.15, -0.1) is 0 Å². The first kappa shape index (κ1) is 15.3. The summed E-state index contributed by atoms with van der Waals surface area (Å²) in [5, 5.41) is 4.01. The van der Waals surface area contributed by atoms with Gasteiger partial charge in [-0.2, -0.15) is 0 Å². The number of nitrogens with one attached hydrogen (secondary N) is 1. The molecule has 1 rings (SSSR count). The van der Waals surface area contributed by atoms with E-state index in [1.54, 1.807) is 7.11 Å². The number of benzene rings is 1. The molecule has 4 heteroatoms. The van der Waals surface area contributed by atoms with Crippen molar-refractivity contribution in [3.8, 4) is 5.75 Å². The Morgan fingerprint density at radius 2 is 2.06 bits per heavy atom. The number of rotatable bonds is 7. The lowest BCUT2D eigenvalue weighted by Crippen LogP contribution is -2.37. The number of ether oxygens (including phenoxy) is 2. The highest BCUT2D eigenvalue weighted by Gasteiger charge is 2.16. The average Bonchev–Trinajstić information content (AvgIpc) is 2.29. The van der Waals surface area contributed by atoms with Gasteiger partial charge in [0.25, 0.3) is 0 Å². The van der Waals surface area contributed by atoms with Crippen molar-refractivity contribution in [2.45, 2.75) is 32.9 Å². The fourth-order valence-electron chi connectivity index (χ4n) is 1.77. The summed E-state index contributed by atoms with van der Waals surface area (Å²) in [4.78, 5) is 0. The smallest absolute Gasteiger partial charge is 0.137 e. The van der Waals surface area contributed by atoms with Gasteiger partial charge in [0.15, 0.2) is 0 Å². The van der Waals surface area contributed by atoms with Crippen molar-refractivity contribution < 1.29 is 9.47 Å². The monoisotopic (exact) mass is 271 g/mol. The minimum absolute atomic E-state index is 0.148. The molecule has 0 amide bonds. The molecule has 3 nitrogen and oxygen atoms in total. The van der Waals surface area contributed by atoms with Crippen molar-refractivity contribution in [2.24, 2.45) is 0 Å². The van der Waals surface area contributed by atoms with Crippen molar-refractivity contribution in [1.82, 2.24) is 5.32 Å². The van der Waals surface area contributed by atoms with Crippen LogP contribution in [0.4, 0.5) is 0 Å². The Labute approximate surface area is 114 Å². The molecule has 1 aromatic carbocycles. The molecule has 0 radical (unpaired) electrons. The molecule has 0 saturated carbocycles. The second-order valence-corrected chi connectivity index (χ2v) is 5.17. The quantitative estimate of drug-likeness (QED) is 0.826. The van der Waals surface area contributed by atoms with Crippen LogP contribution < -0.4 is 10.1 Å². The van der Waals surface area contributed by atoms with E-state index in [4.69, 9.17) is 21.1 Å². The first-order chi connectivity index (χ1) is 8.48. The lowest BCUT2D eigenvalue weighted by Gasteiger charge is -2.25. The molecule has 0 fully saturated rings.